The molecule has 0 radical (unpaired) electrons. The van der Waals surface area contributed by atoms with Gasteiger partial charge in [0.2, 0.25) is 0 Å². The van der Waals surface area contributed by atoms with Crippen molar-refractivity contribution in [1.29, 1.82) is 0 Å². The predicted octanol–water partition coefficient (Wildman–Crippen LogP) is 2.53. The Bertz CT molecular complexity index is 236. The highest BCUT2D eigenvalue weighted by molar-refractivity contribution is 5.79. The molecule has 0 aromatic carbocycles. The second kappa shape index (κ2) is 4.10. The molecule has 0 aliphatic carbocycles. The Morgan fingerprint density at radius 3 is 2.83 bits per heavy atom. The maximum absolute atomic E-state index is 5.11. The van der Waals surface area contributed by atoms with Gasteiger partial charge in [0.15, 0.2) is 5.90 Å². The minimum atomic E-state index is 0.456. The van der Waals surface area contributed by atoms with E-state index in [2.05, 4.69) is 24.9 Å². The molecule has 0 saturated heterocycles. The van der Waals surface area contributed by atoms with Gasteiger partial charge in [-0.3, -0.25) is 0 Å². The first-order valence-corrected chi connectivity index (χ1v) is 4.22. The minimum absolute atomic E-state index is 0.456. The monoisotopic (exact) mass is 165 g/mol. The standard InChI is InChI=1S/C10H15NO/c1-8(2)9-6-4-5-7-10(11-9)12-3/h4-6,8H,7H2,1-3H3. The van der Waals surface area contributed by atoms with Crippen LogP contribution in [0.1, 0.15) is 20.3 Å². The largest absolute Gasteiger partial charge is 0.484 e. The van der Waals surface area contributed by atoms with Crippen molar-refractivity contribution in [2.24, 2.45) is 10.9 Å². The topological polar surface area (TPSA) is 21.6 Å². The zero-order valence-corrected chi connectivity index (χ0v) is 7.87. The highest BCUT2D eigenvalue weighted by Gasteiger charge is 2.05. The van der Waals surface area contributed by atoms with E-state index in [0.717, 1.165) is 18.0 Å². The van der Waals surface area contributed by atoms with Crippen molar-refractivity contribution in [2.45, 2.75) is 20.3 Å². The molecule has 1 heterocycles. The van der Waals surface area contributed by atoms with Gasteiger partial charge in [-0.25, -0.2) is 4.99 Å². The molecule has 0 amide bonds. The first kappa shape index (κ1) is 9.04. The third-order valence-electron chi connectivity index (χ3n) is 1.78. The average Bonchev–Trinajstić information content (AvgIpc) is 2.28. The van der Waals surface area contributed by atoms with E-state index in [4.69, 9.17) is 4.74 Å². The van der Waals surface area contributed by atoms with Crippen LogP contribution in [0.25, 0.3) is 0 Å². The lowest BCUT2D eigenvalue weighted by molar-refractivity contribution is 0.394. The third-order valence-corrected chi connectivity index (χ3v) is 1.78. The quantitative estimate of drug-likeness (QED) is 0.585. The smallest absolute Gasteiger partial charge is 0.191 e. The van der Waals surface area contributed by atoms with Crippen molar-refractivity contribution in [3.05, 3.63) is 23.9 Å². The molecule has 0 N–H and O–H groups in total. The first-order valence-electron chi connectivity index (χ1n) is 4.22. The normalized spacial score (nSPS) is 17.0. The van der Waals surface area contributed by atoms with Gasteiger partial charge in [0.1, 0.15) is 0 Å². The number of ether oxygens (including phenoxy) is 1. The predicted molar refractivity (Wildman–Crippen MR) is 51.1 cm³/mol. The Morgan fingerprint density at radius 2 is 2.25 bits per heavy atom. The van der Waals surface area contributed by atoms with E-state index < -0.39 is 0 Å². The number of nitrogens with zero attached hydrogens (tertiary/aromatic N) is 1. The van der Waals surface area contributed by atoms with Gasteiger partial charge in [-0.1, -0.05) is 26.0 Å². The molecule has 1 rings (SSSR count). The van der Waals surface area contributed by atoms with Crippen molar-refractivity contribution in [3.8, 4) is 0 Å². The van der Waals surface area contributed by atoms with Crippen molar-refractivity contribution in [1.82, 2.24) is 0 Å². The molecule has 0 saturated carbocycles. The molecule has 2 heteroatoms. The molecule has 0 fully saturated rings. The van der Waals surface area contributed by atoms with Crippen LogP contribution in [0.15, 0.2) is 28.9 Å². The highest BCUT2D eigenvalue weighted by Crippen LogP contribution is 2.14. The van der Waals surface area contributed by atoms with Crippen LogP contribution in [0.3, 0.4) is 0 Å². The summed E-state index contributed by atoms with van der Waals surface area (Å²) in [6, 6.07) is 0. The van der Waals surface area contributed by atoms with E-state index in [0.29, 0.717) is 5.92 Å². The molecular weight excluding hydrogens is 150 g/mol. The SMILES string of the molecule is COC1=NC(C(C)C)=CC=CC1. The molecule has 0 aromatic rings. The van der Waals surface area contributed by atoms with Crippen molar-refractivity contribution < 1.29 is 4.74 Å². The average molecular weight is 165 g/mol. The van der Waals surface area contributed by atoms with E-state index in [1.807, 2.05) is 12.2 Å². The number of allylic oxidation sites excluding steroid dienone is 3. The van der Waals surface area contributed by atoms with Gasteiger partial charge >= 0.3 is 0 Å². The van der Waals surface area contributed by atoms with Gasteiger partial charge in [0.25, 0.3) is 0 Å². The number of aliphatic imine (C=N–C) groups is 1. The Balaban J connectivity index is 2.84. The molecule has 66 valence electrons. The van der Waals surface area contributed by atoms with Crippen molar-refractivity contribution in [2.75, 3.05) is 7.11 Å². The van der Waals surface area contributed by atoms with Crippen molar-refractivity contribution in [3.63, 3.8) is 0 Å². The zero-order chi connectivity index (χ0) is 8.97. The number of hydrogen-bond acceptors (Lipinski definition) is 2. The summed E-state index contributed by atoms with van der Waals surface area (Å²) >= 11 is 0. The van der Waals surface area contributed by atoms with E-state index in [1.54, 1.807) is 7.11 Å². The molecule has 2 nitrogen and oxygen atoms in total. The summed E-state index contributed by atoms with van der Waals surface area (Å²) in [5, 5.41) is 0. The van der Waals surface area contributed by atoms with Gasteiger partial charge in [-0.2, -0.15) is 0 Å². The van der Waals surface area contributed by atoms with Crippen LogP contribution in [-0.4, -0.2) is 13.0 Å². The first-order chi connectivity index (χ1) is 5.74. The van der Waals surface area contributed by atoms with Crippen LogP contribution in [0, 0.1) is 5.92 Å². The van der Waals surface area contributed by atoms with Gasteiger partial charge in [0.05, 0.1) is 7.11 Å². The Labute approximate surface area is 73.6 Å². The fourth-order valence-corrected chi connectivity index (χ4v) is 1.01. The molecule has 0 spiro atoms. The highest BCUT2D eigenvalue weighted by atomic mass is 16.5. The molecule has 0 unspecified atom stereocenters. The molecule has 12 heavy (non-hydrogen) atoms. The van der Waals surface area contributed by atoms with Crippen LogP contribution in [0.2, 0.25) is 0 Å². The fourth-order valence-electron chi connectivity index (χ4n) is 1.01. The lowest BCUT2D eigenvalue weighted by Gasteiger charge is -2.06. The van der Waals surface area contributed by atoms with Gasteiger partial charge in [0, 0.05) is 12.1 Å². The summed E-state index contributed by atoms with van der Waals surface area (Å²) in [5.41, 5.74) is 1.08. The summed E-state index contributed by atoms with van der Waals surface area (Å²) in [6.45, 7) is 4.25. The van der Waals surface area contributed by atoms with Crippen LogP contribution in [0.5, 0.6) is 0 Å². The lowest BCUT2D eigenvalue weighted by atomic mass is 10.1. The summed E-state index contributed by atoms with van der Waals surface area (Å²) in [7, 11) is 1.66. The molecule has 1 aliphatic rings. The van der Waals surface area contributed by atoms with Crippen LogP contribution < -0.4 is 0 Å². The molecule has 0 atom stereocenters. The van der Waals surface area contributed by atoms with Gasteiger partial charge in [-0.15, -0.1) is 0 Å². The molecule has 0 aromatic heterocycles. The second-order valence-corrected chi connectivity index (χ2v) is 3.09. The van der Waals surface area contributed by atoms with Crippen molar-refractivity contribution >= 4 is 5.90 Å². The van der Waals surface area contributed by atoms with Crippen LogP contribution in [0.4, 0.5) is 0 Å². The summed E-state index contributed by atoms with van der Waals surface area (Å²) in [6.07, 6.45) is 6.92. The van der Waals surface area contributed by atoms with E-state index in [-0.39, 0.29) is 0 Å². The van der Waals surface area contributed by atoms with Crippen LogP contribution in [-0.2, 0) is 4.74 Å². The van der Waals surface area contributed by atoms with Crippen LogP contribution >= 0.6 is 0 Å². The Kier molecular flexibility index (Phi) is 3.09. The number of rotatable bonds is 1. The zero-order valence-electron chi connectivity index (χ0n) is 7.87. The maximum atomic E-state index is 5.11. The summed E-state index contributed by atoms with van der Waals surface area (Å²) < 4.78 is 5.11. The summed E-state index contributed by atoms with van der Waals surface area (Å²) in [5.74, 6) is 1.25. The molecule has 1 aliphatic heterocycles. The van der Waals surface area contributed by atoms with E-state index in [1.165, 1.54) is 0 Å². The summed E-state index contributed by atoms with van der Waals surface area (Å²) in [4.78, 5) is 4.39. The minimum Gasteiger partial charge on any atom is -0.484 e. The second-order valence-electron chi connectivity index (χ2n) is 3.09. The molecular formula is C10H15NO. The number of methoxy groups -OCH3 is 1. The Morgan fingerprint density at radius 1 is 1.50 bits per heavy atom. The Hall–Kier alpha value is -1.05. The maximum Gasteiger partial charge on any atom is 0.191 e. The number of hydrogen-bond donors (Lipinski definition) is 0. The molecule has 0 bridgehead atoms. The van der Waals surface area contributed by atoms with Gasteiger partial charge < -0.3 is 4.74 Å². The lowest BCUT2D eigenvalue weighted by Crippen LogP contribution is -2.01. The fraction of sp³-hybridized carbons (Fsp3) is 0.500. The third kappa shape index (κ3) is 2.22. The van der Waals surface area contributed by atoms with E-state index >= 15 is 0 Å². The van der Waals surface area contributed by atoms with Gasteiger partial charge in [-0.05, 0) is 12.0 Å². The van der Waals surface area contributed by atoms with E-state index in [9.17, 15) is 0 Å².